The highest BCUT2D eigenvalue weighted by atomic mass is 16.5. The molecule has 0 aromatic carbocycles. The second-order valence-corrected chi connectivity index (χ2v) is 2.75. The molecule has 1 heterocycles. The number of nitrogens with one attached hydrogen (secondary N) is 1. The van der Waals surface area contributed by atoms with E-state index in [4.69, 9.17) is 4.74 Å². The van der Waals surface area contributed by atoms with Crippen molar-refractivity contribution in [2.45, 2.75) is 20.3 Å². The molecule has 1 N–H and O–H groups in total. The van der Waals surface area contributed by atoms with Gasteiger partial charge in [0.2, 0.25) is 5.88 Å². The predicted octanol–water partition coefficient (Wildman–Crippen LogP) is 1.83. The van der Waals surface area contributed by atoms with Crippen LogP contribution in [0.25, 0.3) is 0 Å². The van der Waals surface area contributed by atoms with Crippen molar-refractivity contribution in [3.05, 3.63) is 12.3 Å². The standard InChI is InChI=1S/C8H14N2O/c1-3-7(2)6-11-8-4-5-9-10-8/h4-5,7H,3,6H2,1-2H3,(H,9,10)/t7-/m0/s1. The summed E-state index contributed by atoms with van der Waals surface area (Å²) in [5, 5.41) is 6.52. The van der Waals surface area contributed by atoms with Crippen LogP contribution in [0.2, 0.25) is 0 Å². The summed E-state index contributed by atoms with van der Waals surface area (Å²) in [6, 6.07) is 1.82. The van der Waals surface area contributed by atoms with Gasteiger partial charge in [-0.3, -0.25) is 0 Å². The van der Waals surface area contributed by atoms with Crippen molar-refractivity contribution in [3.63, 3.8) is 0 Å². The second kappa shape index (κ2) is 4.01. The number of hydrogen-bond acceptors (Lipinski definition) is 2. The van der Waals surface area contributed by atoms with Crippen LogP contribution in [0.1, 0.15) is 20.3 Å². The Balaban J connectivity index is 2.23. The third-order valence-electron chi connectivity index (χ3n) is 1.70. The van der Waals surface area contributed by atoms with E-state index in [1.54, 1.807) is 6.20 Å². The molecule has 1 rings (SSSR count). The fraction of sp³-hybridized carbons (Fsp3) is 0.625. The monoisotopic (exact) mass is 154 g/mol. The third-order valence-corrected chi connectivity index (χ3v) is 1.70. The van der Waals surface area contributed by atoms with Gasteiger partial charge in [0.1, 0.15) is 0 Å². The Morgan fingerprint density at radius 3 is 3.09 bits per heavy atom. The molecule has 0 radical (unpaired) electrons. The van der Waals surface area contributed by atoms with E-state index >= 15 is 0 Å². The maximum Gasteiger partial charge on any atom is 0.209 e. The lowest BCUT2D eigenvalue weighted by atomic mass is 10.1. The average Bonchev–Trinajstić information content (AvgIpc) is 2.52. The van der Waals surface area contributed by atoms with E-state index in [-0.39, 0.29) is 0 Å². The van der Waals surface area contributed by atoms with E-state index in [1.807, 2.05) is 6.07 Å². The van der Waals surface area contributed by atoms with Gasteiger partial charge >= 0.3 is 0 Å². The van der Waals surface area contributed by atoms with E-state index in [2.05, 4.69) is 24.0 Å². The maximum absolute atomic E-state index is 5.38. The molecule has 0 fully saturated rings. The average molecular weight is 154 g/mol. The van der Waals surface area contributed by atoms with Crippen molar-refractivity contribution in [1.82, 2.24) is 10.2 Å². The van der Waals surface area contributed by atoms with Crippen LogP contribution in [0.4, 0.5) is 0 Å². The summed E-state index contributed by atoms with van der Waals surface area (Å²) < 4.78 is 5.38. The zero-order valence-corrected chi connectivity index (χ0v) is 7.00. The number of H-pyrrole nitrogens is 1. The molecule has 1 aromatic heterocycles. The highest BCUT2D eigenvalue weighted by Gasteiger charge is 1.99. The first-order valence-corrected chi connectivity index (χ1v) is 3.95. The van der Waals surface area contributed by atoms with Gasteiger partial charge < -0.3 is 4.74 Å². The molecule has 3 heteroatoms. The molecule has 0 saturated heterocycles. The van der Waals surface area contributed by atoms with Gasteiger partial charge in [-0.2, -0.15) is 5.10 Å². The van der Waals surface area contributed by atoms with Crippen molar-refractivity contribution in [2.75, 3.05) is 6.61 Å². The van der Waals surface area contributed by atoms with Crippen molar-refractivity contribution < 1.29 is 4.74 Å². The number of aromatic amines is 1. The van der Waals surface area contributed by atoms with E-state index in [0.29, 0.717) is 5.92 Å². The molecule has 0 amide bonds. The first-order valence-electron chi connectivity index (χ1n) is 3.95. The fourth-order valence-corrected chi connectivity index (χ4v) is 0.673. The van der Waals surface area contributed by atoms with Crippen LogP contribution in [-0.2, 0) is 0 Å². The molecule has 1 aromatic rings. The highest BCUT2D eigenvalue weighted by molar-refractivity contribution is 5.03. The third kappa shape index (κ3) is 2.62. The van der Waals surface area contributed by atoms with Gasteiger partial charge in [-0.05, 0) is 5.92 Å². The summed E-state index contributed by atoms with van der Waals surface area (Å²) in [6.45, 7) is 5.08. The zero-order valence-electron chi connectivity index (χ0n) is 7.00. The smallest absolute Gasteiger partial charge is 0.209 e. The fourth-order valence-electron chi connectivity index (χ4n) is 0.673. The lowest BCUT2D eigenvalue weighted by Crippen LogP contribution is -2.07. The number of rotatable bonds is 4. The lowest BCUT2D eigenvalue weighted by Gasteiger charge is -2.07. The first-order chi connectivity index (χ1) is 5.33. The normalized spacial score (nSPS) is 12.9. The van der Waals surface area contributed by atoms with Crippen LogP contribution in [0, 0.1) is 5.92 Å². The SMILES string of the molecule is CC[C@H](C)COc1ccn[nH]1. The summed E-state index contributed by atoms with van der Waals surface area (Å²) >= 11 is 0. The number of aromatic nitrogens is 2. The lowest BCUT2D eigenvalue weighted by molar-refractivity contribution is 0.247. The molecular formula is C8H14N2O. The molecule has 3 nitrogen and oxygen atoms in total. The number of ether oxygens (including phenoxy) is 1. The molecular weight excluding hydrogens is 140 g/mol. The Kier molecular flexibility index (Phi) is 2.95. The van der Waals surface area contributed by atoms with E-state index < -0.39 is 0 Å². The number of hydrogen-bond donors (Lipinski definition) is 1. The second-order valence-electron chi connectivity index (χ2n) is 2.75. The minimum atomic E-state index is 0.610. The van der Waals surface area contributed by atoms with Gasteiger partial charge in [-0.1, -0.05) is 20.3 Å². The largest absolute Gasteiger partial charge is 0.478 e. The van der Waals surface area contributed by atoms with Gasteiger partial charge in [-0.15, -0.1) is 0 Å². The molecule has 0 aliphatic heterocycles. The minimum absolute atomic E-state index is 0.610. The first kappa shape index (κ1) is 8.11. The van der Waals surface area contributed by atoms with Crippen molar-refractivity contribution in [1.29, 1.82) is 0 Å². The van der Waals surface area contributed by atoms with Gasteiger partial charge in [-0.25, -0.2) is 5.10 Å². The van der Waals surface area contributed by atoms with Crippen LogP contribution in [0.5, 0.6) is 5.88 Å². The molecule has 0 aliphatic carbocycles. The van der Waals surface area contributed by atoms with E-state index in [1.165, 1.54) is 0 Å². The summed E-state index contributed by atoms with van der Waals surface area (Å²) in [4.78, 5) is 0. The van der Waals surface area contributed by atoms with Crippen molar-refractivity contribution in [3.8, 4) is 5.88 Å². The number of nitrogens with zero attached hydrogens (tertiary/aromatic N) is 1. The molecule has 0 aliphatic rings. The van der Waals surface area contributed by atoms with Gasteiger partial charge in [0.15, 0.2) is 0 Å². The predicted molar refractivity (Wildman–Crippen MR) is 43.5 cm³/mol. The zero-order chi connectivity index (χ0) is 8.10. The van der Waals surface area contributed by atoms with Crippen LogP contribution in [-0.4, -0.2) is 16.8 Å². The Morgan fingerprint density at radius 1 is 1.73 bits per heavy atom. The Bertz CT molecular complexity index is 184. The molecule has 0 spiro atoms. The van der Waals surface area contributed by atoms with Gasteiger partial charge in [0, 0.05) is 6.07 Å². The topological polar surface area (TPSA) is 37.9 Å². The summed E-state index contributed by atoms with van der Waals surface area (Å²) in [7, 11) is 0. The van der Waals surface area contributed by atoms with Crippen molar-refractivity contribution >= 4 is 0 Å². The molecule has 11 heavy (non-hydrogen) atoms. The van der Waals surface area contributed by atoms with E-state index in [0.717, 1.165) is 18.9 Å². The molecule has 1 atom stereocenters. The summed E-state index contributed by atoms with van der Waals surface area (Å²) in [5.74, 6) is 1.36. The van der Waals surface area contributed by atoms with Gasteiger partial charge in [0.25, 0.3) is 0 Å². The van der Waals surface area contributed by atoms with E-state index in [9.17, 15) is 0 Å². The summed E-state index contributed by atoms with van der Waals surface area (Å²) in [6.07, 6.45) is 2.83. The van der Waals surface area contributed by atoms with Crippen LogP contribution in [0.3, 0.4) is 0 Å². The molecule has 0 saturated carbocycles. The minimum Gasteiger partial charge on any atom is -0.478 e. The van der Waals surface area contributed by atoms with Crippen LogP contribution < -0.4 is 4.74 Å². The van der Waals surface area contributed by atoms with Crippen LogP contribution in [0.15, 0.2) is 12.3 Å². The Labute approximate surface area is 66.8 Å². The highest BCUT2D eigenvalue weighted by Crippen LogP contribution is 2.06. The molecule has 0 bridgehead atoms. The van der Waals surface area contributed by atoms with Crippen LogP contribution >= 0.6 is 0 Å². The molecule has 0 unspecified atom stereocenters. The van der Waals surface area contributed by atoms with Crippen molar-refractivity contribution in [2.24, 2.45) is 5.92 Å². The quantitative estimate of drug-likeness (QED) is 0.718. The van der Waals surface area contributed by atoms with Gasteiger partial charge in [0.05, 0.1) is 12.8 Å². The maximum atomic E-state index is 5.38. The summed E-state index contributed by atoms with van der Waals surface area (Å²) in [5.41, 5.74) is 0. The molecule has 62 valence electrons. The Hall–Kier alpha value is -0.990. The Morgan fingerprint density at radius 2 is 2.55 bits per heavy atom.